The van der Waals surface area contributed by atoms with E-state index in [0.717, 1.165) is 13.4 Å². The number of hydrogen-bond donors (Lipinski definition) is 1. The fraction of sp³-hybridized carbons (Fsp3) is 0.396. The summed E-state index contributed by atoms with van der Waals surface area (Å²) in [5.74, 6) is 1.18. The molecule has 6 aromatic rings. The van der Waals surface area contributed by atoms with Gasteiger partial charge in [0.15, 0.2) is 0 Å². The second-order valence-corrected chi connectivity index (χ2v) is 27.4. The summed E-state index contributed by atoms with van der Waals surface area (Å²) in [6.07, 6.45) is 0.0726. The molecule has 3 fully saturated rings. The zero-order valence-corrected chi connectivity index (χ0v) is 51.0. The number of alkyl halides is 4. The van der Waals surface area contributed by atoms with Gasteiger partial charge in [-0.2, -0.15) is 0 Å². The molecule has 0 aliphatic carbocycles. The van der Waals surface area contributed by atoms with Crippen molar-refractivity contribution in [2.75, 3.05) is 68.2 Å². The Morgan fingerprint density at radius 2 is 0.890 bits per heavy atom. The third-order valence-electron chi connectivity index (χ3n) is 13.0. The van der Waals surface area contributed by atoms with E-state index in [1.54, 1.807) is 43.3 Å². The van der Waals surface area contributed by atoms with Gasteiger partial charge in [-0.1, -0.05) is 0 Å². The SMILES string of the molecule is CN(C)C=Nc1ncnc2c1=NC[N+]=2[C@@H]1O[C@H](Cl)[C@@H]([Se]c2ccccc2)[C@@H]1F.CO[C@H]1O[C@@H]([N+]2=c3ncnc(N)c3=NC2)[C@@H](F)[C@@H]1[Se]c1ccccc1.CO[C@H]1O[C@@H]([N+]2=c3ncnc(N=CN(C)C)c3=NC2)[C@@H](F)[C@@H]1[Se]c1ccccc1. The zero-order chi connectivity index (χ0) is 57.4. The molecule has 6 aliphatic heterocycles. The van der Waals surface area contributed by atoms with E-state index in [0.29, 0.717) is 44.2 Å². The van der Waals surface area contributed by atoms with Gasteiger partial charge >= 0.3 is 496 Å². The maximum atomic E-state index is 15.5. The van der Waals surface area contributed by atoms with Crippen molar-refractivity contribution in [3.8, 4) is 0 Å². The standard InChI is InChI=1S/C19H22FN6O2Se.C18H19ClFN6OSe.C16H16FN5O2Se/c1-25(2)10-24-16-14-17(22-9-21-16)26(11-23-14)18-13(20)15(19(27-3)28-18)29-12-7-5-4-6-8-12;1-25(2)9-24-16-13-17(22-8-21-16)26(10-23-13)18-12(20)14(15(19)27-18)28-11-6-4-3-5-7-11;1-23-16-12(25-9-5-3-2-4-6-9)10(17)15(24-16)22-8-21-11-13(18)19-7-20-14(11)22/h4-10,13,15,18-19H,11H2,1-3H3;3-9,12,14-15,18H,10H2,1-2H3;2-7,10,12,15-16,18H,8H2,1H3/q2*+1;/p+1/t13-,15-,18+,19-;12-,14-,15-,18+;10-,12-,15+,16-/m000/s1. The van der Waals surface area contributed by atoms with Gasteiger partial charge in [0.2, 0.25) is 0 Å². The van der Waals surface area contributed by atoms with Crippen LogP contribution in [-0.4, -0.2) is 215 Å². The molecule has 2 N–H and O–H groups in total. The van der Waals surface area contributed by atoms with Crippen LogP contribution >= 0.6 is 11.6 Å². The molecule has 0 bridgehead atoms. The monoisotopic (exact) mass is 1340 g/mol. The zero-order valence-electron chi connectivity index (χ0n) is 45.1. The van der Waals surface area contributed by atoms with E-state index in [-0.39, 0.29) is 80.3 Å². The van der Waals surface area contributed by atoms with Crippen LogP contribution in [-0.2, 0) is 23.7 Å². The summed E-state index contributed by atoms with van der Waals surface area (Å²) in [4.78, 5) is 49.5. The summed E-state index contributed by atoms with van der Waals surface area (Å²) in [5.41, 5.74) is 6.68. The average Bonchev–Trinajstić information content (AvgIpc) is 4.55. The first-order chi connectivity index (χ1) is 39.8. The first kappa shape index (κ1) is 59.1. The molecule has 3 aromatic heterocycles. The number of ether oxygens (including phenoxy) is 5. The van der Waals surface area contributed by atoms with E-state index in [9.17, 15) is 0 Å². The van der Waals surface area contributed by atoms with Crippen molar-refractivity contribution in [3.05, 3.63) is 143 Å². The Kier molecular flexibility index (Phi) is 19.5. The Balaban J connectivity index is 0.000000138. The van der Waals surface area contributed by atoms with E-state index in [4.69, 9.17) is 41.0 Å². The number of fused-ring (bicyclic) bond motifs is 3. The number of aromatic nitrogens is 6. The number of aliphatic imine (C=N–C) groups is 2. The average molecular weight is 1340 g/mol. The molecule has 3 aromatic carbocycles. The number of benzene rings is 3. The van der Waals surface area contributed by atoms with E-state index < -0.39 is 60.2 Å². The van der Waals surface area contributed by atoms with E-state index in [1.807, 2.05) is 119 Å². The molecule has 0 unspecified atom stereocenters. The summed E-state index contributed by atoms with van der Waals surface area (Å²) >= 11 is 5.97. The molecule has 12 atom stereocenters. The van der Waals surface area contributed by atoms with Crippen LogP contribution in [0, 0.1) is 0 Å². The first-order valence-electron chi connectivity index (χ1n) is 25.6. The maximum absolute atomic E-state index is 15.5. The van der Waals surface area contributed by atoms with Crippen LogP contribution < -0.4 is 65.4 Å². The molecule has 12 rings (SSSR count). The minimum atomic E-state index is -1.24. The number of anilines is 1. The topological polar surface area (TPSA) is 227 Å². The van der Waals surface area contributed by atoms with Gasteiger partial charge in [0.05, 0.1) is 0 Å². The van der Waals surface area contributed by atoms with Gasteiger partial charge < -0.3 is 0 Å². The number of nitrogen functional groups attached to an aromatic ring is 1. The summed E-state index contributed by atoms with van der Waals surface area (Å²) in [5, 5.41) is 1.58. The van der Waals surface area contributed by atoms with Crippen LogP contribution in [0.15, 0.2) is 135 Å². The van der Waals surface area contributed by atoms with Crippen LogP contribution in [0.25, 0.3) is 0 Å². The Labute approximate surface area is 492 Å². The van der Waals surface area contributed by atoms with Crippen molar-refractivity contribution >= 4 is 100.0 Å². The van der Waals surface area contributed by atoms with E-state index in [2.05, 4.69) is 54.9 Å². The predicted octanol–water partition coefficient (Wildman–Crippen LogP) is -2.25. The molecule has 9 heterocycles. The van der Waals surface area contributed by atoms with Crippen LogP contribution in [0.2, 0.25) is 14.4 Å². The molecule has 0 amide bonds. The van der Waals surface area contributed by atoms with Crippen LogP contribution in [0.3, 0.4) is 0 Å². The number of halogens is 4. The van der Waals surface area contributed by atoms with Crippen molar-refractivity contribution in [2.24, 2.45) is 25.0 Å². The molecule has 3 saturated heterocycles. The summed E-state index contributed by atoms with van der Waals surface area (Å²) in [7, 11) is 10.6. The molecule has 0 saturated carbocycles. The van der Waals surface area contributed by atoms with Gasteiger partial charge in [0, 0.05) is 0 Å². The Morgan fingerprint density at radius 3 is 1.29 bits per heavy atom. The Hall–Kier alpha value is -6.12. The Morgan fingerprint density at radius 1 is 0.537 bits per heavy atom. The van der Waals surface area contributed by atoms with Crippen molar-refractivity contribution in [3.63, 3.8) is 0 Å². The molecule has 428 valence electrons. The minimum absolute atomic E-state index is 0.125. The van der Waals surface area contributed by atoms with Gasteiger partial charge in [-0.15, -0.1) is 0 Å². The molecule has 0 radical (unpaired) electrons. The number of rotatable bonds is 15. The van der Waals surface area contributed by atoms with Crippen molar-refractivity contribution in [1.82, 2.24) is 53.4 Å². The molecule has 29 heteroatoms. The number of hydrogen-bond acceptors (Lipinski definition) is 17. The summed E-state index contributed by atoms with van der Waals surface area (Å²) in [6, 6.07) is 29.6. The van der Waals surface area contributed by atoms with Crippen LogP contribution in [0.5, 0.6) is 0 Å². The number of nitrogens with zero attached hydrogens (tertiary/aromatic N) is 16. The van der Waals surface area contributed by atoms with Gasteiger partial charge in [0.1, 0.15) is 0 Å². The van der Waals surface area contributed by atoms with Crippen molar-refractivity contribution < 1.29 is 36.9 Å². The third kappa shape index (κ3) is 13.1. The van der Waals surface area contributed by atoms with Crippen molar-refractivity contribution in [2.45, 2.75) is 69.8 Å². The first-order valence-corrected chi connectivity index (χ1v) is 31.6. The van der Waals surface area contributed by atoms with Crippen molar-refractivity contribution in [1.29, 1.82) is 0 Å². The molecular weight excluding hydrogens is 1280 g/mol. The molecular formula is C53H58ClF3N17O5Se3+3. The van der Waals surface area contributed by atoms with E-state index >= 15 is 13.2 Å². The Bertz CT molecular complexity index is 3680. The number of methoxy groups -OCH3 is 2. The fourth-order valence-corrected chi connectivity index (χ4v) is 16.9. The predicted molar refractivity (Wildman–Crippen MR) is 302 cm³/mol. The van der Waals surface area contributed by atoms with Gasteiger partial charge in [-0.25, -0.2) is 0 Å². The van der Waals surface area contributed by atoms with Gasteiger partial charge in [0.25, 0.3) is 0 Å². The van der Waals surface area contributed by atoms with Crippen LogP contribution in [0.1, 0.15) is 0 Å². The summed E-state index contributed by atoms with van der Waals surface area (Å²) < 4.78 is 83.1. The second-order valence-electron chi connectivity index (χ2n) is 19.1. The number of nitrogens with two attached hydrogens (primary N) is 1. The van der Waals surface area contributed by atoms with Gasteiger partial charge in [-0.05, 0) is 0 Å². The molecule has 6 aliphatic rings. The van der Waals surface area contributed by atoms with Crippen LogP contribution in [0.4, 0.5) is 30.6 Å². The second kappa shape index (κ2) is 27.1. The molecule has 22 nitrogen and oxygen atoms in total. The normalized spacial score (nSPS) is 26.8. The molecule has 82 heavy (non-hydrogen) atoms. The van der Waals surface area contributed by atoms with E-state index in [1.165, 1.54) is 26.1 Å². The fourth-order valence-electron chi connectivity index (χ4n) is 9.18. The quantitative estimate of drug-likeness (QED) is 0.0377. The summed E-state index contributed by atoms with van der Waals surface area (Å²) in [6.45, 7) is 0.716. The third-order valence-corrected chi connectivity index (χ3v) is 21.9. The molecule has 0 spiro atoms. The van der Waals surface area contributed by atoms with Gasteiger partial charge in [-0.3, -0.25) is 0 Å².